The summed E-state index contributed by atoms with van der Waals surface area (Å²) >= 11 is 0. The van der Waals surface area contributed by atoms with Gasteiger partial charge in [-0.3, -0.25) is 9.00 Å². The summed E-state index contributed by atoms with van der Waals surface area (Å²) in [5, 5.41) is 0. The van der Waals surface area contributed by atoms with Gasteiger partial charge in [-0.25, -0.2) is 0 Å². The molecule has 2 N–H and O–H groups in total. The van der Waals surface area contributed by atoms with Crippen LogP contribution in [0.3, 0.4) is 0 Å². The van der Waals surface area contributed by atoms with Crippen LogP contribution in [0.2, 0.25) is 0 Å². The number of amides is 1. The van der Waals surface area contributed by atoms with Gasteiger partial charge >= 0.3 is 0 Å². The summed E-state index contributed by atoms with van der Waals surface area (Å²) in [5.74, 6) is 1.94. The van der Waals surface area contributed by atoms with E-state index in [1.165, 1.54) is 0 Å². The fraction of sp³-hybridized carbons (Fsp3) is 0.929. The van der Waals surface area contributed by atoms with Gasteiger partial charge in [0.1, 0.15) is 0 Å². The second-order valence-electron chi connectivity index (χ2n) is 6.58. The van der Waals surface area contributed by atoms with Crippen LogP contribution in [0, 0.1) is 17.3 Å². The van der Waals surface area contributed by atoms with E-state index in [9.17, 15) is 9.00 Å². The Balaban J connectivity index is 2.08. The van der Waals surface area contributed by atoms with E-state index >= 15 is 0 Å². The quantitative estimate of drug-likeness (QED) is 0.781. The Morgan fingerprint density at radius 3 is 2.42 bits per heavy atom. The standard InChI is InChI=1S/C14H26N2O2S/c1-10-12(15)5-4-11(14(10,2)3)13(17)16-6-8-19(18)9-7-16/h10-12H,4-9,15H2,1-3H3. The smallest absolute Gasteiger partial charge is 0.226 e. The van der Waals surface area contributed by atoms with E-state index in [1.54, 1.807) is 0 Å². The fourth-order valence-electron chi connectivity index (χ4n) is 3.37. The van der Waals surface area contributed by atoms with Crippen LogP contribution in [0.4, 0.5) is 0 Å². The molecule has 1 aliphatic carbocycles. The van der Waals surface area contributed by atoms with Gasteiger partial charge in [0.2, 0.25) is 5.91 Å². The van der Waals surface area contributed by atoms with Gasteiger partial charge in [0.25, 0.3) is 0 Å². The molecule has 2 rings (SSSR count). The van der Waals surface area contributed by atoms with Crippen LogP contribution >= 0.6 is 0 Å². The van der Waals surface area contributed by atoms with Gasteiger partial charge in [0.05, 0.1) is 0 Å². The van der Waals surface area contributed by atoms with E-state index in [0.29, 0.717) is 30.5 Å². The first-order valence-corrected chi connectivity index (χ1v) is 8.72. The Morgan fingerprint density at radius 1 is 1.26 bits per heavy atom. The predicted molar refractivity (Wildman–Crippen MR) is 78.1 cm³/mol. The van der Waals surface area contributed by atoms with Gasteiger partial charge < -0.3 is 10.6 Å². The largest absolute Gasteiger partial charge is 0.341 e. The lowest BCUT2D eigenvalue weighted by Crippen LogP contribution is -2.54. The zero-order valence-electron chi connectivity index (χ0n) is 12.2. The van der Waals surface area contributed by atoms with Crippen LogP contribution in [-0.4, -0.2) is 45.7 Å². The van der Waals surface area contributed by atoms with Crippen LogP contribution in [0.5, 0.6) is 0 Å². The molecule has 1 saturated heterocycles. The molecule has 0 spiro atoms. The lowest BCUT2D eigenvalue weighted by atomic mass is 9.60. The molecule has 19 heavy (non-hydrogen) atoms. The molecule has 2 fully saturated rings. The van der Waals surface area contributed by atoms with Crippen molar-refractivity contribution in [2.24, 2.45) is 23.0 Å². The normalized spacial score (nSPS) is 36.2. The summed E-state index contributed by atoms with van der Waals surface area (Å²) in [6.45, 7) is 7.80. The Hall–Kier alpha value is -0.420. The Labute approximate surface area is 118 Å². The van der Waals surface area contributed by atoms with Crippen molar-refractivity contribution in [3.63, 3.8) is 0 Å². The van der Waals surface area contributed by atoms with Gasteiger partial charge in [-0.05, 0) is 24.2 Å². The number of hydrogen-bond acceptors (Lipinski definition) is 3. The summed E-state index contributed by atoms with van der Waals surface area (Å²) in [5.41, 5.74) is 6.10. The lowest BCUT2D eigenvalue weighted by molar-refractivity contribution is -0.143. The highest BCUT2D eigenvalue weighted by atomic mass is 32.2. The third kappa shape index (κ3) is 2.87. The summed E-state index contributed by atoms with van der Waals surface area (Å²) in [4.78, 5) is 14.6. The molecular weight excluding hydrogens is 260 g/mol. The van der Waals surface area contributed by atoms with Crippen molar-refractivity contribution >= 4 is 16.7 Å². The van der Waals surface area contributed by atoms with Crippen molar-refractivity contribution < 1.29 is 9.00 Å². The summed E-state index contributed by atoms with van der Waals surface area (Å²) < 4.78 is 11.4. The maximum atomic E-state index is 12.7. The van der Waals surface area contributed by atoms with Gasteiger partial charge in [0, 0.05) is 47.4 Å². The van der Waals surface area contributed by atoms with E-state index < -0.39 is 10.8 Å². The minimum Gasteiger partial charge on any atom is -0.341 e. The summed E-state index contributed by atoms with van der Waals surface area (Å²) in [7, 11) is -0.728. The molecule has 1 heterocycles. The first kappa shape index (κ1) is 15.0. The molecule has 5 heteroatoms. The first-order valence-electron chi connectivity index (χ1n) is 7.23. The summed E-state index contributed by atoms with van der Waals surface area (Å²) in [6, 6.07) is 0.202. The molecule has 0 radical (unpaired) electrons. The van der Waals surface area contributed by atoms with Crippen molar-refractivity contribution in [3.05, 3.63) is 0 Å². The molecule has 2 aliphatic rings. The maximum absolute atomic E-state index is 12.7. The van der Waals surface area contributed by atoms with Gasteiger partial charge in [0.15, 0.2) is 0 Å². The molecule has 3 unspecified atom stereocenters. The molecule has 0 aromatic rings. The van der Waals surface area contributed by atoms with Crippen LogP contribution in [0.1, 0.15) is 33.6 Å². The number of nitrogens with zero attached hydrogens (tertiary/aromatic N) is 1. The van der Waals surface area contributed by atoms with Crippen molar-refractivity contribution in [2.45, 2.75) is 39.7 Å². The van der Waals surface area contributed by atoms with Crippen LogP contribution in [-0.2, 0) is 15.6 Å². The Bertz CT molecular complexity index is 374. The second kappa shape index (κ2) is 5.52. The van der Waals surface area contributed by atoms with Gasteiger partial charge in [-0.2, -0.15) is 0 Å². The molecule has 0 bridgehead atoms. The van der Waals surface area contributed by atoms with Crippen LogP contribution < -0.4 is 5.73 Å². The Kier molecular flexibility index (Phi) is 4.35. The van der Waals surface area contributed by atoms with Crippen molar-refractivity contribution in [1.29, 1.82) is 0 Å². The van der Waals surface area contributed by atoms with E-state index in [2.05, 4.69) is 20.8 Å². The zero-order valence-corrected chi connectivity index (χ0v) is 13.0. The highest BCUT2D eigenvalue weighted by Crippen LogP contribution is 2.45. The molecule has 3 atom stereocenters. The van der Waals surface area contributed by atoms with Gasteiger partial charge in [-0.1, -0.05) is 20.8 Å². The molecule has 0 aromatic heterocycles. The Morgan fingerprint density at radius 2 is 1.84 bits per heavy atom. The van der Waals surface area contributed by atoms with E-state index in [1.807, 2.05) is 4.90 Å². The SMILES string of the molecule is CC1C(N)CCC(C(=O)N2CCS(=O)CC2)C1(C)C. The van der Waals surface area contributed by atoms with E-state index in [-0.39, 0.29) is 23.3 Å². The first-order chi connectivity index (χ1) is 8.84. The average molecular weight is 286 g/mol. The third-order valence-corrected chi connectivity index (χ3v) is 6.57. The summed E-state index contributed by atoms with van der Waals surface area (Å²) in [6.07, 6.45) is 1.82. The predicted octanol–water partition coefficient (Wildman–Crippen LogP) is 0.977. The van der Waals surface area contributed by atoms with Crippen molar-refractivity contribution in [2.75, 3.05) is 24.6 Å². The number of rotatable bonds is 1. The average Bonchev–Trinajstić information content (AvgIpc) is 2.36. The molecule has 110 valence electrons. The molecule has 4 nitrogen and oxygen atoms in total. The topological polar surface area (TPSA) is 63.4 Å². The van der Waals surface area contributed by atoms with Crippen LogP contribution in [0.25, 0.3) is 0 Å². The third-order valence-electron chi connectivity index (χ3n) is 5.29. The lowest BCUT2D eigenvalue weighted by Gasteiger charge is -2.47. The van der Waals surface area contributed by atoms with Crippen molar-refractivity contribution in [1.82, 2.24) is 4.90 Å². The fourth-order valence-corrected chi connectivity index (χ4v) is 4.42. The van der Waals surface area contributed by atoms with E-state index in [0.717, 1.165) is 12.8 Å². The number of carbonyl (C=O) groups is 1. The molecule has 1 amide bonds. The zero-order chi connectivity index (χ0) is 14.2. The van der Waals surface area contributed by atoms with Gasteiger partial charge in [-0.15, -0.1) is 0 Å². The van der Waals surface area contributed by atoms with Crippen molar-refractivity contribution in [3.8, 4) is 0 Å². The number of carbonyl (C=O) groups excluding carboxylic acids is 1. The minimum atomic E-state index is -0.728. The highest BCUT2D eigenvalue weighted by molar-refractivity contribution is 7.85. The second-order valence-corrected chi connectivity index (χ2v) is 8.27. The highest BCUT2D eigenvalue weighted by Gasteiger charge is 2.46. The molecule has 1 saturated carbocycles. The molecular formula is C14H26N2O2S. The number of hydrogen-bond donors (Lipinski definition) is 1. The van der Waals surface area contributed by atoms with Crippen LogP contribution in [0.15, 0.2) is 0 Å². The van der Waals surface area contributed by atoms with E-state index in [4.69, 9.17) is 5.73 Å². The maximum Gasteiger partial charge on any atom is 0.226 e. The minimum absolute atomic E-state index is 0.0502. The number of nitrogens with two attached hydrogens (primary N) is 1. The molecule has 1 aliphatic heterocycles. The monoisotopic (exact) mass is 286 g/mol. The molecule has 0 aromatic carbocycles.